The minimum Gasteiger partial charge on any atom is -0.491 e. The zero-order valence-corrected chi connectivity index (χ0v) is 8.16. The average molecular weight is 205 g/mol. The molecule has 4 heteroatoms. The van der Waals surface area contributed by atoms with E-state index < -0.39 is 0 Å². The SMILES string of the molecule is O=C1Cc2ccc(OCC3CO3)cc2N1. The Balaban J connectivity index is 1.74. The van der Waals surface area contributed by atoms with E-state index in [1.54, 1.807) is 0 Å². The Morgan fingerprint density at radius 2 is 2.40 bits per heavy atom. The number of rotatable bonds is 3. The van der Waals surface area contributed by atoms with E-state index in [0.29, 0.717) is 13.0 Å². The summed E-state index contributed by atoms with van der Waals surface area (Å²) in [6.45, 7) is 1.38. The van der Waals surface area contributed by atoms with Crippen molar-refractivity contribution in [2.24, 2.45) is 0 Å². The van der Waals surface area contributed by atoms with Gasteiger partial charge in [-0.15, -0.1) is 0 Å². The molecule has 2 aliphatic rings. The Kier molecular flexibility index (Phi) is 1.89. The van der Waals surface area contributed by atoms with Crippen molar-refractivity contribution in [3.05, 3.63) is 23.8 Å². The van der Waals surface area contributed by atoms with Gasteiger partial charge >= 0.3 is 0 Å². The summed E-state index contributed by atoms with van der Waals surface area (Å²) in [6, 6.07) is 5.68. The summed E-state index contributed by atoms with van der Waals surface area (Å²) < 4.78 is 10.6. The summed E-state index contributed by atoms with van der Waals surface area (Å²) >= 11 is 0. The van der Waals surface area contributed by atoms with Crippen LogP contribution in [0.5, 0.6) is 5.75 Å². The second-order valence-electron chi connectivity index (χ2n) is 3.81. The van der Waals surface area contributed by atoms with Crippen LogP contribution in [0.4, 0.5) is 5.69 Å². The monoisotopic (exact) mass is 205 g/mol. The summed E-state index contributed by atoms with van der Waals surface area (Å²) in [5.74, 6) is 0.833. The van der Waals surface area contributed by atoms with Crippen LogP contribution >= 0.6 is 0 Å². The number of nitrogens with one attached hydrogen (secondary N) is 1. The Bertz CT molecular complexity index is 412. The van der Waals surface area contributed by atoms with Gasteiger partial charge in [-0.1, -0.05) is 6.07 Å². The number of fused-ring (bicyclic) bond motifs is 1. The maximum Gasteiger partial charge on any atom is 0.228 e. The standard InChI is InChI=1S/C11H11NO3/c13-11-3-7-1-2-8(4-10(7)12-11)14-5-9-6-15-9/h1-2,4,9H,3,5-6H2,(H,12,13). The first-order valence-corrected chi connectivity index (χ1v) is 4.98. The minimum absolute atomic E-state index is 0.0488. The molecule has 0 radical (unpaired) electrons. The fourth-order valence-electron chi connectivity index (χ4n) is 1.64. The van der Waals surface area contributed by atoms with Gasteiger partial charge in [0.25, 0.3) is 0 Å². The predicted octanol–water partition coefficient (Wildman–Crippen LogP) is 0.959. The van der Waals surface area contributed by atoms with Gasteiger partial charge in [-0.3, -0.25) is 4.79 Å². The van der Waals surface area contributed by atoms with Crippen molar-refractivity contribution >= 4 is 11.6 Å². The van der Waals surface area contributed by atoms with E-state index in [1.807, 2.05) is 18.2 Å². The Hall–Kier alpha value is -1.55. The molecule has 4 nitrogen and oxygen atoms in total. The highest BCUT2D eigenvalue weighted by molar-refractivity contribution is 5.99. The van der Waals surface area contributed by atoms with E-state index in [0.717, 1.165) is 23.6 Å². The molecule has 1 N–H and O–H groups in total. The number of ether oxygens (including phenoxy) is 2. The molecule has 0 aromatic heterocycles. The topological polar surface area (TPSA) is 50.9 Å². The molecule has 78 valence electrons. The lowest BCUT2D eigenvalue weighted by atomic mass is 10.1. The van der Waals surface area contributed by atoms with Crippen molar-refractivity contribution in [2.45, 2.75) is 12.5 Å². The maximum absolute atomic E-state index is 11.1. The summed E-state index contributed by atoms with van der Waals surface area (Å²) in [6.07, 6.45) is 0.731. The number of hydrogen-bond acceptors (Lipinski definition) is 3. The number of benzene rings is 1. The Labute approximate surface area is 87.2 Å². The normalized spacial score (nSPS) is 22.1. The lowest BCUT2D eigenvalue weighted by molar-refractivity contribution is -0.115. The molecule has 15 heavy (non-hydrogen) atoms. The van der Waals surface area contributed by atoms with Crippen LogP contribution in [0.3, 0.4) is 0 Å². The van der Waals surface area contributed by atoms with Gasteiger partial charge in [0.15, 0.2) is 0 Å². The molecule has 0 aliphatic carbocycles. The van der Waals surface area contributed by atoms with Crippen LogP contribution < -0.4 is 10.1 Å². The molecule has 1 atom stereocenters. The van der Waals surface area contributed by atoms with Crippen LogP contribution in [0.25, 0.3) is 0 Å². The zero-order valence-electron chi connectivity index (χ0n) is 8.16. The van der Waals surface area contributed by atoms with Crippen molar-refractivity contribution in [1.29, 1.82) is 0 Å². The summed E-state index contributed by atoms with van der Waals surface area (Å²) in [4.78, 5) is 11.1. The first-order chi connectivity index (χ1) is 7.31. The smallest absolute Gasteiger partial charge is 0.228 e. The molecular formula is C11H11NO3. The van der Waals surface area contributed by atoms with Gasteiger partial charge in [-0.05, 0) is 11.6 Å². The van der Waals surface area contributed by atoms with Crippen LogP contribution in [0.2, 0.25) is 0 Å². The lowest BCUT2D eigenvalue weighted by Crippen LogP contribution is -2.05. The molecule has 2 aliphatic heterocycles. The third-order valence-corrected chi connectivity index (χ3v) is 2.54. The third-order valence-electron chi connectivity index (χ3n) is 2.54. The van der Waals surface area contributed by atoms with Crippen LogP contribution in [0.1, 0.15) is 5.56 Å². The highest BCUT2D eigenvalue weighted by atomic mass is 16.6. The molecule has 1 amide bonds. The van der Waals surface area contributed by atoms with E-state index in [2.05, 4.69) is 5.32 Å². The number of carbonyl (C=O) groups is 1. The second kappa shape index (κ2) is 3.24. The van der Waals surface area contributed by atoms with Gasteiger partial charge in [0.1, 0.15) is 18.5 Å². The van der Waals surface area contributed by atoms with Crippen LogP contribution in [-0.2, 0) is 16.0 Å². The zero-order chi connectivity index (χ0) is 10.3. The van der Waals surface area contributed by atoms with Crippen LogP contribution in [-0.4, -0.2) is 25.2 Å². The predicted molar refractivity (Wildman–Crippen MR) is 54.0 cm³/mol. The molecule has 0 spiro atoms. The van der Waals surface area contributed by atoms with Crippen LogP contribution in [0, 0.1) is 0 Å². The molecule has 1 unspecified atom stereocenters. The van der Waals surface area contributed by atoms with E-state index in [-0.39, 0.29) is 12.0 Å². The number of anilines is 1. The van der Waals surface area contributed by atoms with E-state index in [1.165, 1.54) is 0 Å². The third kappa shape index (κ3) is 1.80. The molecule has 1 fully saturated rings. The van der Waals surface area contributed by atoms with Gasteiger partial charge in [0, 0.05) is 11.8 Å². The van der Waals surface area contributed by atoms with Gasteiger partial charge in [-0.25, -0.2) is 0 Å². The summed E-state index contributed by atoms with van der Waals surface area (Å²) in [5, 5.41) is 2.79. The maximum atomic E-state index is 11.1. The largest absolute Gasteiger partial charge is 0.491 e. The molecule has 1 saturated heterocycles. The van der Waals surface area contributed by atoms with Crippen molar-refractivity contribution in [3.63, 3.8) is 0 Å². The molecule has 2 heterocycles. The number of carbonyl (C=O) groups excluding carboxylic acids is 1. The number of amides is 1. The lowest BCUT2D eigenvalue weighted by Gasteiger charge is -2.05. The van der Waals surface area contributed by atoms with Gasteiger partial charge in [0.05, 0.1) is 13.0 Å². The fraction of sp³-hybridized carbons (Fsp3) is 0.364. The van der Waals surface area contributed by atoms with Gasteiger partial charge < -0.3 is 14.8 Å². The van der Waals surface area contributed by atoms with Gasteiger partial charge in [-0.2, -0.15) is 0 Å². The van der Waals surface area contributed by atoms with Crippen molar-refractivity contribution in [1.82, 2.24) is 0 Å². The molecule has 1 aromatic rings. The summed E-state index contributed by atoms with van der Waals surface area (Å²) in [7, 11) is 0. The first kappa shape index (κ1) is 8.73. The fourth-order valence-corrected chi connectivity index (χ4v) is 1.64. The highest BCUT2D eigenvalue weighted by Gasteiger charge is 2.23. The Morgan fingerprint density at radius 3 is 3.20 bits per heavy atom. The summed E-state index contributed by atoms with van der Waals surface area (Å²) in [5.41, 5.74) is 1.91. The van der Waals surface area contributed by atoms with Crippen LogP contribution in [0.15, 0.2) is 18.2 Å². The van der Waals surface area contributed by atoms with Crippen molar-refractivity contribution in [3.8, 4) is 5.75 Å². The Morgan fingerprint density at radius 1 is 1.53 bits per heavy atom. The molecule has 1 aromatic carbocycles. The van der Waals surface area contributed by atoms with E-state index >= 15 is 0 Å². The minimum atomic E-state index is 0.0488. The molecular weight excluding hydrogens is 194 g/mol. The quantitative estimate of drug-likeness (QED) is 0.748. The van der Waals surface area contributed by atoms with Crippen molar-refractivity contribution < 1.29 is 14.3 Å². The van der Waals surface area contributed by atoms with E-state index in [9.17, 15) is 4.79 Å². The molecule has 0 bridgehead atoms. The molecule has 3 rings (SSSR count). The first-order valence-electron chi connectivity index (χ1n) is 4.98. The van der Waals surface area contributed by atoms with E-state index in [4.69, 9.17) is 9.47 Å². The number of hydrogen-bond donors (Lipinski definition) is 1. The van der Waals surface area contributed by atoms with Gasteiger partial charge in [0.2, 0.25) is 5.91 Å². The average Bonchev–Trinajstić information content (AvgIpc) is 2.96. The number of epoxide rings is 1. The molecule has 0 saturated carbocycles. The second-order valence-corrected chi connectivity index (χ2v) is 3.81. The highest BCUT2D eigenvalue weighted by Crippen LogP contribution is 2.27. The van der Waals surface area contributed by atoms with Crippen molar-refractivity contribution in [2.75, 3.05) is 18.5 Å².